The fraction of sp³-hybridized carbons (Fsp3) is 0.500. The van der Waals surface area contributed by atoms with Crippen molar-refractivity contribution in [1.29, 1.82) is 0 Å². The van der Waals surface area contributed by atoms with E-state index >= 15 is 0 Å². The molecule has 22 heavy (non-hydrogen) atoms. The minimum Gasteiger partial charge on any atom is -0.325 e. The molecule has 1 fully saturated rings. The highest BCUT2D eigenvalue weighted by Crippen LogP contribution is 2.47. The molecule has 1 aromatic rings. The zero-order valence-electron chi connectivity index (χ0n) is 12.7. The Morgan fingerprint density at radius 3 is 2.86 bits per heavy atom. The molecule has 3 aliphatic heterocycles. The molecule has 4 rings (SSSR count). The van der Waals surface area contributed by atoms with Crippen LogP contribution in [-0.2, 0) is 10.2 Å². The van der Waals surface area contributed by atoms with Crippen LogP contribution in [0.3, 0.4) is 0 Å². The molecule has 1 saturated heterocycles. The van der Waals surface area contributed by atoms with Crippen molar-refractivity contribution in [2.45, 2.75) is 49.7 Å². The van der Waals surface area contributed by atoms with Gasteiger partial charge in [0.1, 0.15) is 5.54 Å². The van der Waals surface area contributed by atoms with Gasteiger partial charge in [-0.05, 0) is 43.5 Å². The largest absolute Gasteiger partial charge is 0.325 e. The average Bonchev–Trinajstić information content (AvgIpc) is 3.04. The van der Waals surface area contributed by atoms with Crippen LogP contribution in [0.4, 0.5) is 5.69 Å². The molecule has 1 unspecified atom stereocenters. The maximum Gasteiger partial charge on any atom is 0.235 e. The van der Waals surface area contributed by atoms with Gasteiger partial charge >= 0.3 is 0 Å². The lowest BCUT2D eigenvalue weighted by molar-refractivity contribution is -0.122. The van der Waals surface area contributed by atoms with Crippen LogP contribution in [-0.4, -0.2) is 29.7 Å². The SMILES string of the molecule is C[C@H]1C[C@@]2(C[C@@H](C3(C)C=NN=N3)N1)C(=O)Nc1ccccc12. The van der Waals surface area contributed by atoms with E-state index in [1.165, 1.54) is 0 Å². The number of fused-ring (bicyclic) bond motifs is 2. The molecule has 0 aliphatic carbocycles. The van der Waals surface area contributed by atoms with Crippen LogP contribution in [0.25, 0.3) is 0 Å². The molecule has 3 aliphatic rings. The zero-order chi connectivity index (χ0) is 15.4. The first-order chi connectivity index (χ1) is 10.5. The van der Waals surface area contributed by atoms with E-state index in [0.29, 0.717) is 6.42 Å². The van der Waals surface area contributed by atoms with Crippen molar-refractivity contribution in [3.05, 3.63) is 29.8 Å². The number of hydrogen-bond acceptors (Lipinski definition) is 5. The van der Waals surface area contributed by atoms with Crippen molar-refractivity contribution in [2.24, 2.45) is 15.4 Å². The molecule has 114 valence electrons. The van der Waals surface area contributed by atoms with Crippen LogP contribution in [0, 0.1) is 0 Å². The van der Waals surface area contributed by atoms with Gasteiger partial charge in [0, 0.05) is 17.8 Å². The third-order valence-electron chi connectivity index (χ3n) is 5.15. The Labute approximate surface area is 129 Å². The van der Waals surface area contributed by atoms with Gasteiger partial charge in [-0.1, -0.05) is 18.2 Å². The van der Waals surface area contributed by atoms with Crippen molar-refractivity contribution >= 4 is 17.8 Å². The van der Waals surface area contributed by atoms with Crippen LogP contribution in [0.2, 0.25) is 0 Å². The fourth-order valence-corrected chi connectivity index (χ4v) is 4.02. The van der Waals surface area contributed by atoms with E-state index in [0.717, 1.165) is 17.7 Å². The number of amides is 1. The molecular formula is C16H19N5O. The lowest BCUT2D eigenvalue weighted by Gasteiger charge is -2.44. The number of carbonyl (C=O) groups excluding carboxylic acids is 1. The van der Waals surface area contributed by atoms with Gasteiger partial charge in [-0.25, -0.2) is 0 Å². The average molecular weight is 297 g/mol. The number of rotatable bonds is 1. The van der Waals surface area contributed by atoms with Gasteiger partial charge in [-0.15, -0.1) is 5.10 Å². The molecule has 0 saturated carbocycles. The zero-order valence-corrected chi connectivity index (χ0v) is 12.7. The molecule has 1 aromatic carbocycles. The fourth-order valence-electron chi connectivity index (χ4n) is 4.02. The Bertz CT molecular complexity index is 686. The molecule has 0 bridgehead atoms. The number of nitrogens with zero attached hydrogens (tertiary/aromatic N) is 3. The smallest absolute Gasteiger partial charge is 0.235 e. The maximum absolute atomic E-state index is 12.8. The van der Waals surface area contributed by atoms with Gasteiger partial charge in [-0.2, -0.15) is 5.11 Å². The van der Waals surface area contributed by atoms with Gasteiger partial charge in [0.2, 0.25) is 5.91 Å². The van der Waals surface area contributed by atoms with E-state index in [9.17, 15) is 4.79 Å². The molecule has 6 heteroatoms. The highest BCUT2D eigenvalue weighted by atomic mass is 16.2. The second-order valence-corrected chi connectivity index (χ2v) is 6.77. The molecule has 0 radical (unpaired) electrons. The topological polar surface area (TPSA) is 78.2 Å². The molecule has 6 nitrogen and oxygen atoms in total. The van der Waals surface area contributed by atoms with E-state index in [1.54, 1.807) is 6.21 Å². The van der Waals surface area contributed by atoms with Crippen LogP contribution < -0.4 is 10.6 Å². The second-order valence-electron chi connectivity index (χ2n) is 6.77. The van der Waals surface area contributed by atoms with Crippen molar-refractivity contribution in [1.82, 2.24) is 5.32 Å². The molecule has 1 amide bonds. The van der Waals surface area contributed by atoms with Crippen LogP contribution >= 0.6 is 0 Å². The first-order valence-corrected chi connectivity index (χ1v) is 7.67. The maximum atomic E-state index is 12.8. The van der Waals surface area contributed by atoms with Gasteiger partial charge in [0.15, 0.2) is 0 Å². The number of carbonyl (C=O) groups is 1. The van der Waals surface area contributed by atoms with Crippen LogP contribution in [0.5, 0.6) is 0 Å². The Hall–Kier alpha value is -2.08. The number of nitrogens with one attached hydrogen (secondary N) is 2. The van der Waals surface area contributed by atoms with Crippen molar-refractivity contribution in [2.75, 3.05) is 5.32 Å². The summed E-state index contributed by atoms with van der Waals surface area (Å²) in [4.78, 5) is 12.8. The van der Waals surface area contributed by atoms with E-state index in [2.05, 4.69) is 39.1 Å². The minimum atomic E-state index is -0.487. The number of anilines is 1. The normalized spacial score (nSPS) is 39.3. The minimum absolute atomic E-state index is 0.0307. The Morgan fingerprint density at radius 2 is 2.09 bits per heavy atom. The summed E-state index contributed by atoms with van der Waals surface area (Å²) in [5.74, 6) is 0.0996. The quantitative estimate of drug-likeness (QED) is 0.833. The number of benzene rings is 1. The summed E-state index contributed by atoms with van der Waals surface area (Å²) in [5, 5.41) is 18.6. The van der Waals surface area contributed by atoms with E-state index in [-0.39, 0.29) is 18.0 Å². The molecule has 3 heterocycles. The third-order valence-corrected chi connectivity index (χ3v) is 5.15. The van der Waals surface area contributed by atoms with Gasteiger partial charge in [0.05, 0.1) is 11.6 Å². The molecule has 1 spiro atoms. The van der Waals surface area contributed by atoms with Crippen molar-refractivity contribution in [3.8, 4) is 0 Å². The second kappa shape index (κ2) is 4.46. The van der Waals surface area contributed by atoms with Crippen LogP contribution in [0.1, 0.15) is 32.3 Å². The summed E-state index contributed by atoms with van der Waals surface area (Å²) in [5.41, 5.74) is 1.07. The molecule has 0 aromatic heterocycles. The standard InChI is InChI=1S/C16H19N5O/c1-10-7-16(8-13(18-10)15(2)9-17-21-20-15)11-5-3-4-6-12(11)19-14(16)22/h3-6,9-10,13,18H,7-8H2,1-2H3,(H,19,22)/t10-,13-,15?,16-/m0/s1. The summed E-state index contributed by atoms with van der Waals surface area (Å²) < 4.78 is 0. The third kappa shape index (κ3) is 1.76. The van der Waals surface area contributed by atoms with Gasteiger partial charge in [0.25, 0.3) is 0 Å². The molecule has 4 atom stereocenters. The predicted octanol–water partition coefficient (Wildman–Crippen LogP) is 2.23. The van der Waals surface area contributed by atoms with E-state index in [1.807, 2.05) is 25.1 Å². The van der Waals surface area contributed by atoms with Gasteiger partial charge < -0.3 is 10.6 Å². The van der Waals surface area contributed by atoms with Gasteiger partial charge in [-0.3, -0.25) is 4.79 Å². The molecular weight excluding hydrogens is 278 g/mol. The Kier molecular flexibility index (Phi) is 2.75. The summed E-state index contributed by atoms with van der Waals surface area (Å²) in [7, 11) is 0. The number of piperidine rings is 1. The molecule has 2 N–H and O–H groups in total. The summed E-state index contributed by atoms with van der Waals surface area (Å²) in [6.45, 7) is 4.13. The van der Waals surface area contributed by atoms with Crippen molar-refractivity contribution < 1.29 is 4.79 Å². The number of para-hydroxylation sites is 1. The number of hydrogen-bond donors (Lipinski definition) is 2. The van der Waals surface area contributed by atoms with Crippen LogP contribution in [0.15, 0.2) is 39.7 Å². The first kappa shape index (κ1) is 13.6. The summed E-state index contributed by atoms with van der Waals surface area (Å²) >= 11 is 0. The highest BCUT2D eigenvalue weighted by Gasteiger charge is 2.54. The first-order valence-electron chi connectivity index (χ1n) is 7.67. The van der Waals surface area contributed by atoms with Crippen molar-refractivity contribution in [3.63, 3.8) is 0 Å². The monoisotopic (exact) mass is 297 g/mol. The van der Waals surface area contributed by atoms with E-state index in [4.69, 9.17) is 0 Å². The lowest BCUT2D eigenvalue weighted by atomic mass is 9.67. The summed E-state index contributed by atoms with van der Waals surface area (Å²) in [6.07, 6.45) is 3.26. The Balaban J connectivity index is 1.77. The predicted molar refractivity (Wildman–Crippen MR) is 84.1 cm³/mol. The summed E-state index contributed by atoms with van der Waals surface area (Å²) in [6, 6.07) is 8.25. The highest BCUT2D eigenvalue weighted by molar-refractivity contribution is 6.06. The lowest BCUT2D eigenvalue weighted by Crippen LogP contribution is -2.60. The Morgan fingerprint density at radius 1 is 1.27 bits per heavy atom. The van der Waals surface area contributed by atoms with E-state index < -0.39 is 11.0 Å².